The van der Waals surface area contributed by atoms with Gasteiger partial charge in [0.1, 0.15) is 0 Å². The molecule has 3 nitrogen and oxygen atoms in total. The third kappa shape index (κ3) is 2.56. The number of rotatable bonds is 3. The summed E-state index contributed by atoms with van der Waals surface area (Å²) < 4.78 is 0. The molecule has 2 aliphatic carbocycles. The molecule has 22 heavy (non-hydrogen) atoms. The van der Waals surface area contributed by atoms with Crippen molar-refractivity contribution in [2.24, 2.45) is 17.8 Å². The molecule has 0 aliphatic heterocycles. The van der Waals surface area contributed by atoms with E-state index in [1.54, 1.807) is 0 Å². The molecule has 4 rings (SSSR count). The van der Waals surface area contributed by atoms with E-state index in [1.807, 2.05) is 30.3 Å². The highest BCUT2D eigenvalue weighted by Gasteiger charge is 2.39. The topological polar surface area (TPSA) is 41.1 Å². The van der Waals surface area contributed by atoms with Gasteiger partial charge in [0.05, 0.1) is 5.69 Å². The van der Waals surface area contributed by atoms with Gasteiger partial charge < -0.3 is 10.6 Å². The summed E-state index contributed by atoms with van der Waals surface area (Å²) >= 11 is 0. The molecule has 2 amide bonds. The van der Waals surface area contributed by atoms with Crippen molar-refractivity contribution in [3.05, 3.63) is 42.5 Å². The minimum absolute atomic E-state index is 0.0841. The molecule has 0 saturated heterocycles. The van der Waals surface area contributed by atoms with Crippen molar-refractivity contribution in [3.63, 3.8) is 0 Å². The van der Waals surface area contributed by atoms with Crippen molar-refractivity contribution < 1.29 is 4.79 Å². The number of amides is 2. The SMILES string of the molecule is O=C(NC[C@@H]1C[C@H]2CC[C@@H]1C2)Nc1cccc2ccccc12. The highest BCUT2D eigenvalue weighted by molar-refractivity contribution is 6.01. The Balaban J connectivity index is 1.39. The first kappa shape index (κ1) is 13.6. The van der Waals surface area contributed by atoms with Crippen LogP contribution < -0.4 is 10.6 Å². The smallest absolute Gasteiger partial charge is 0.319 e. The summed E-state index contributed by atoms with van der Waals surface area (Å²) in [7, 11) is 0. The minimum Gasteiger partial charge on any atom is -0.338 e. The van der Waals surface area contributed by atoms with E-state index in [0.29, 0.717) is 5.92 Å². The Bertz CT molecular complexity index is 691. The van der Waals surface area contributed by atoms with E-state index in [9.17, 15) is 4.79 Å². The molecular weight excluding hydrogens is 272 g/mol. The second-order valence-electron chi connectivity index (χ2n) is 6.80. The largest absolute Gasteiger partial charge is 0.338 e. The van der Waals surface area contributed by atoms with Gasteiger partial charge in [0.2, 0.25) is 0 Å². The molecule has 3 atom stereocenters. The standard InChI is InChI=1S/C19H22N2O/c22-19(20-12-16-11-13-8-9-15(16)10-13)21-18-7-3-5-14-4-1-2-6-17(14)18/h1-7,13,15-16H,8-12H2,(H2,20,21,22)/t13-,15+,16-/m0/s1. The highest BCUT2D eigenvalue weighted by Crippen LogP contribution is 2.47. The number of carbonyl (C=O) groups excluding carboxylic acids is 1. The van der Waals surface area contributed by atoms with Crippen LogP contribution in [-0.2, 0) is 0 Å². The molecule has 2 saturated carbocycles. The number of carbonyl (C=O) groups is 1. The van der Waals surface area contributed by atoms with E-state index in [0.717, 1.165) is 34.8 Å². The molecule has 0 radical (unpaired) electrons. The molecule has 2 aliphatic rings. The summed E-state index contributed by atoms with van der Waals surface area (Å²) in [6, 6.07) is 14.0. The lowest BCUT2D eigenvalue weighted by atomic mass is 9.89. The maximum Gasteiger partial charge on any atom is 0.319 e. The van der Waals surface area contributed by atoms with Gasteiger partial charge in [-0.25, -0.2) is 4.79 Å². The zero-order chi connectivity index (χ0) is 14.9. The van der Waals surface area contributed by atoms with Crippen LogP contribution in [0.1, 0.15) is 25.7 Å². The number of hydrogen-bond donors (Lipinski definition) is 2. The maximum atomic E-state index is 12.2. The third-order valence-corrected chi connectivity index (χ3v) is 5.45. The Morgan fingerprint density at radius 2 is 1.91 bits per heavy atom. The lowest BCUT2D eigenvalue weighted by Gasteiger charge is -2.22. The number of fused-ring (bicyclic) bond motifs is 3. The van der Waals surface area contributed by atoms with Gasteiger partial charge in [0.15, 0.2) is 0 Å². The third-order valence-electron chi connectivity index (χ3n) is 5.45. The normalized spacial score (nSPS) is 26.3. The van der Waals surface area contributed by atoms with Gasteiger partial charge >= 0.3 is 6.03 Å². The van der Waals surface area contributed by atoms with Crippen LogP contribution in [-0.4, -0.2) is 12.6 Å². The van der Waals surface area contributed by atoms with Crippen LogP contribution in [0, 0.1) is 17.8 Å². The number of hydrogen-bond acceptors (Lipinski definition) is 1. The average molecular weight is 294 g/mol. The van der Waals surface area contributed by atoms with Crippen LogP contribution in [0.5, 0.6) is 0 Å². The average Bonchev–Trinajstić information content (AvgIpc) is 3.16. The van der Waals surface area contributed by atoms with Gasteiger partial charge in [-0.05, 0) is 48.5 Å². The molecule has 2 N–H and O–H groups in total. The Morgan fingerprint density at radius 3 is 2.73 bits per heavy atom. The van der Waals surface area contributed by atoms with Gasteiger partial charge in [0, 0.05) is 11.9 Å². The van der Waals surface area contributed by atoms with Crippen molar-refractivity contribution in [3.8, 4) is 0 Å². The lowest BCUT2D eigenvalue weighted by Crippen LogP contribution is -2.34. The van der Waals surface area contributed by atoms with Crippen LogP contribution in [0.4, 0.5) is 10.5 Å². The second-order valence-corrected chi connectivity index (χ2v) is 6.80. The summed E-state index contributed by atoms with van der Waals surface area (Å²) in [5.74, 6) is 2.47. The number of urea groups is 1. The molecule has 0 heterocycles. The molecule has 2 aromatic carbocycles. The van der Waals surface area contributed by atoms with E-state index in [-0.39, 0.29) is 6.03 Å². The van der Waals surface area contributed by atoms with Crippen molar-refractivity contribution in [2.45, 2.75) is 25.7 Å². The Kier molecular flexibility index (Phi) is 3.49. The van der Waals surface area contributed by atoms with Crippen LogP contribution in [0.3, 0.4) is 0 Å². The molecule has 0 spiro atoms. The fourth-order valence-electron chi connectivity index (χ4n) is 4.35. The van der Waals surface area contributed by atoms with Crippen molar-refractivity contribution in [1.82, 2.24) is 5.32 Å². The summed E-state index contributed by atoms with van der Waals surface area (Å²) in [6.07, 6.45) is 5.46. The molecule has 114 valence electrons. The van der Waals surface area contributed by atoms with E-state index in [2.05, 4.69) is 22.8 Å². The van der Waals surface area contributed by atoms with Gasteiger partial charge in [0.25, 0.3) is 0 Å². The Hall–Kier alpha value is -2.03. The fourth-order valence-corrected chi connectivity index (χ4v) is 4.35. The quantitative estimate of drug-likeness (QED) is 0.865. The fraction of sp³-hybridized carbons (Fsp3) is 0.421. The van der Waals surface area contributed by atoms with Crippen molar-refractivity contribution in [1.29, 1.82) is 0 Å². The molecule has 3 heteroatoms. The summed E-state index contributed by atoms with van der Waals surface area (Å²) in [4.78, 5) is 12.2. The number of benzene rings is 2. The van der Waals surface area contributed by atoms with E-state index >= 15 is 0 Å². The van der Waals surface area contributed by atoms with E-state index in [1.165, 1.54) is 25.7 Å². The first-order chi connectivity index (χ1) is 10.8. The minimum atomic E-state index is -0.0841. The molecule has 2 fully saturated rings. The zero-order valence-corrected chi connectivity index (χ0v) is 12.7. The lowest BCUT2D eigenvalue weighted by molar-refractivity contribution is 0.245. The van der Waals surface area contributed by atoms with E-state index in [4.69, 9.17) is 0 Å². The van der Waals surface area contributed by atoms with Crippen LogP contribution in [0.15, 0.2) is 42.5 Å². The first-order valence-electron chi connectivity index (χ1n) is 8.32. The highest BCUT2D eigenvalue weighted by atomic mass is 16.2. The Labute approximate surface area is 131 Å². The van der Waals surface area contributed by atoms with Crippen LogP contribution in [0.2, 0.25) is 0 Å². The van der Waals surface area contributed by atoms with Gasteiger partial charge in [-0.2, -0.15) is 0 Å². The van der Waals surface area contributed by atoms with Gasteiger partial charge in [-0.15, -0.1) is 0 Å². The van der Waals surface area contributed by atoms with Crippen LogP contribution in [0.25, 0.3) is 10.8 Å². The number of anilines is 1. The summed E-state index contributed by atoms with van der Waals surface area (Å²) in [6.45, 7) is 0.817. The molecule has 2 bridgehead atoms. The second kappa shape index (κ2) is 5.64. The van der Waals surface area contributed by atoms with E-state index < -0.39 is 0 Å². The predicted octanol–water partition coefficient (Wildman–Crippen LogP) is 4.40. The molecular formula is C19H22N2O. The van der Waals surface area contributed by atoms with Crippen LogP contribution >= 0.6 is 0 Å². The van der Waals surface area contributed by atoms with Gasteiger partial charge in [-0.3, -0.25) is 0 Å². The van der Waals surface area contributed by atoms with Crippen molar-refractivity contribution >= 4 is 22.5 Å². The molecule has 0 unspecified atom stereocenters. The monoisotopic (exact) mass is 294 g/mol. The van der Waals surface area contributed by atoms with Crippen molar-refractivity contribution in [2.75, 3.05) is 11.9 Å². The summed E-state index contributed by atoms with van der Waals surface area (Å²) in [5.41, 5.74) is 0.878. The first-order valence-corrected chi connectivity index (χ1v) is 8.32. The Morgan fingerprint density at radius 1 is 1.05 bits per heavy atom. The molecule has 0 aromatic heterocycles. The summed E-state index contributed by atoms with van der Waals surface area (Å²) in [5, 5.41) is 8.31. The predicted molar refractivity (Wildman–Crippen MR) is 89.9 cm³/mol. The molecule has 2 aromatic rings. The van der Waals surface area contributed by atoms with Gasteiger partial charge in [-0.1, -0.05) is 42.8 Å². The maximum absolute atomic E-state index is 12.2. The number of nitrogens with one attached hydrogen (secondary N) is 2. The zero-order valence-electron chi connectivity index (χ0n) is 12.7.